The number of sulfonamides is 1. The zero-order valence-corrected chi connectivity index (χ0v) is 24.8. The van der Waals surface area contributed by atoms with Gasteiger partial charge in [0.15, 0.2) is 5.06 Å². The van der Waals surface area contributed by atoms with Gasteiger partial charge < -0.3 is 19.5 Å². The Bertz CT molecular complexity index is 1560. The zero-order valence-electron chi connectivity index (χ0n) is 23.2. The van der Waals surface area contributed by atoms with Crippen molar-refractivity contribution in [2.45, 2.75) is 38.1 Å². The lowest BCUT2D eigenvalue weighted by Crippen LogP contribution is -2.45. The second kappa shape index (κ2) is 14.2. The van der Waals surface area contributed by atoms with Gasteiger partial charge in [0.05, 0.1) is 25.5 Å². The predicted molar refractivity (Wildman–Crippen MR) is 161 cm³/mol. The highest BCUT2D eigenvalue weighted by Crippen LogP contribution is 2.29. The monoisotopic (exact) mass is 608 g/mol. The average molecular weight is 609 g/mol. The molecule has 2 amide bonds. The Kier molecular flexibility index (Phi) is 10.5. The van der Waals surface area contributed by atoms with Crippen molar-refractivity contribution < 1.29 is 32.2 Å². The van der Waals surface area contributed by atoms with Crippen LogP contribution in [0.4, 0.5) is 10.5 Å². The minimum Gasteiger partial charge on any atom is -0.399 e. The van der Waals surface area contributed by atoms with Crippen LogP contribution in [0.3, 0.4) is 0 Å². The number of nitrogens with one attached hydrogen (secondary N) is 2. The van der Waals surface area contributed by atoms with Gasteiger partial charge in [0.2, 0.25) is 0 Å². The lowest BCUT2D eigenvalue weighted by Gasteiger charge is -2.33. The summed E-state index contributed by atoms with van der Waals surface area (Å²) in [4.78, 5) is 25.7. The number of hydrogen-bond acceptors (Lipinski definition) is 8. The summed E-state index contributed by atoms with van der Waals surface area (Å²) < 4.78 is 45.3. The third-order valence-electron chi connectivity index (χ3n) is 6.13. The average Bonchev–Trinajstić information content (AvgIpc) is 3.47. The van der Waals surface area contributed by atoms with Crippen molar-refractivity contribution >= 4 is 39.0 Å². The van der Waals surface area contributed by atoms with Crippen LogP contribution in [0.2, 0.25) is 0 Å². The fraction of sp³-hybridized carbons (Fsp3) is 0.226. The smallest absolute Gasteiger partial charge is 0.399 e. The number of benzene rings is 3. The summed E-state index contributed by atoms with van der Waals surface area (Å²) in [6.45, 7) is 4.38. The van der Waals surface area contributed by atoms with E-state index in [9.17, 15) is 18.0 Å². The minimum atomic E-state index is -4.40. The van der Waals surface area contributed by atoms with Crippen molar-refractivity contribution in [1.29, 1.82) is 0 Å². The molecule has 1 aromatic heterocycles. The molecule has 0 spiro atoms. The first-order valence-corrected chi connectivity index (χ1v) is 15.5. The first kappa shape index (κ1) is 30.9. The van der Waals surface area contributed by atoms with Crippen molar-refractivity contribution in [2.24, 2.45) is 5.41 Å². The van der Waals surface area contributed by atoms with E-state index in [-0.39, 0.29) is 28.9 Å². The molecule has 9 nitrogen and oxygen atoms in total. The highest BCUT2D eigenvalue weighted by molar-refractivity contribution is 7.90. The Hall–Kier alpha value is -4.03. The number of para-hydroxylation sites is 1. The van der Waals surface area contributed by atoms with Crippen LogP contribution in [0.25, 0.3) is 0 Å². The molecule has 0 saturated carbocycles. The second-order valence-electron chi connectivity index (χ2n) is 10.1. The van der Waals surface area contributed by atoms with Crippen LogP contribution in [0.1, 0.15) is 25.0 Å². The number of thiophene rings is 1. The molecule has 0 fully saturated rings. The third-order valence-corrected chi connectivity index (χ3v) is 8.25. The summed E-state index contributed by atoms with van der Waals surface area (Å²) in [6.07, 6.45) is -2.19. The number of hydrogen-bond donors (Lipinski definition) is 2. The SMILES string of the molecule is CC(C)(COCc1ccccc1)C(OCc1ccccc1)C(=O)Nc1ccccc1S(=O)(=O)NC(=O)Oc1cccs1. The first-order valence-electron chi connectivity index (χ1n) is 13.1. The van der Waals surface area contributed by atoms with Gasteiger partial charge in [-0.2, -0.15) is 0 Å². The van der Waals surface area contributed by atoms with E-state index in [2.05, 4.69) is 5.32 Å². The van der Waals surface area contributed by atoms with Crippen LogP contribution < -0.4 is 14.8 Å². The van der Waals surface area contributed by atoms with Gasteiger partial charge in [-0.15, -0.1) is 11.3 Å². The summed E-state index contributed by atoms with van der Waals surface area (Å²) in [5.41, 5.74) is 1.02. The molecular formula is C31H32N2O7S2. The summed E-state index contributed by atoms with van der Waals surface area (Å²) >= 11 is 1.14. The quantitative estimate of drug-likeness (QED) is 0.191. The van der Waals surface area contributed by atoms with Gasteiger partial charge >= 0.3 is 6.09 Å². The molecule has 220 valence electrons. The van der Waals surface area contributed by atoms with Gasteiger partial charge in [-0.25, -0.2) is 17.9 Å². The van der Waals surface area contributed by atoms with E-state index in [1.54, 1.807) is 17.5 Å². The summed E-state index contributed by atoms with van der Waals surface area (Å²) in [5, 5.41) is 4.62. The summed E-state index contributed by atoms with van der Waals surface area (Å²) in [7, 11) is -4.40. The normalized spacial score (nSPS) is 12.3. The molecular weight excluding hydrogens is 576 g/mol. The van der Waals surface area contributed by atoms with E-state index < -0.39 is 33.5 Å². The van der Waals surface area contributed by atoms with Crippen molar-refractivity contribution in [3.63, 3.8) is 0 Å². The maximum absolute atomic E-state index is 13.7. The van der Waals surface area contributed by atoms with Crippen LogP contribution in [-0.4, -0.2) is 33.1 Å². The molecule has 1 unspecified atom stereocenters. The number of amides is 2. The molecule has 0 aliphatic heterocycles. The summed E-state index contributed by atoms with van der Waals surface area (Å²) in [6, 6.07) is 28.0. The van der Waals surface area contributed by atoms with Gasteiger partial charge in [0.25, 0.3) is 15.9 Å². The van der Waals surface area contributed by atoms with E-state index in [1.807, 2.05) is 79.2 Å². The van der Waals surface area contributed by atoms with Gasteiger partial charge in [-0.05, 0) is 40.8 Å². The number of carbonyl (C=O) groups is 2. The molecule has 0 radical (unpaired) electrons. The topological polar surface area (TPSA) is 120 Å². The third kappa shape index (κ3) is 8.73. The number of rotatable bonds is 13. The summed E-state index contributed by atoms with van der Waals surface area (Å²) in [5.74, 6) is -0.567. The molecule has 4 rings (SSSR count). The molecule has 11 heteroatoms. The van der Waals surface area contributed by atoms with Crippen LogP contribution in [0, 0.1) is 5.41 Å². The highest BCUT2D eigenvalue weighted by atomic mass is 32.2. The largest absolute Gasteiger partial charge is 0.427 e. The lowest BCUT2D eigenvalue weighted by atomic mass is 9.86. The molecule has 0 aliphatic carbocycles. The zero-order chi connectivity index (χ0) is 30.0. The first-order chi connectivity index (χ1) is 20.1. The number of carbonyl (C=O) groups excluding carboxylic acids is 2. The fourth-order valence-electron chi connectivity index (χ4n) is 4.09. The van der Waals surface area contributed by atoms with Gasteiger partial charge in [-0.1, -0.05) is 86.6 Å². The Balaban J connectivity index is 1.51. The van der Waals surface area contributed by atoms with Crippen LogP contribution in [0.15, 0.2) is 107 Å². The standard InChI is InChI=1S/C31H32N2O7S2/c1-31(2,22-38-20-23-12-5-3-6-13-23)28(39-21-24-14-7-4-8-15-24)29(34)32-25-16-9-10-17-26(25)42(36,37)33-30(35)40-27-18-11-19-41-27/h3-19,28H,20-22H2,1-2H3,(H,32,34)(H,33,35). The number of ether oxygens (including phenoxy) is 3. The van der Waals surface area contributed by atoms with Crippen molar-refractivity contribution in [1.82, 2.24) is 4.72 Å². The molecule has 0 saturated heterocycles. The highest BCUT2D eigenvalue weighted by Gasteiger charge is 2.37. The van der Waals surface area contributed by atoms with Crippen LogP contribution in [0.5, 0.6) is 5.06 Å². The maximum atomic E-state index is 13.7. The fourth-order valence-corrected chi connectivity index (χ4v) is 5.70. The van der Waals surface area contributed by atoms with E-state index >= 15 is 0 Å². The minimum absolute atomic E-state index is 0.0201. The van der Waals surface area contributed by atoms with E-state index in [4.69, 9.17) is 14.2 Å². The molecule has 1 heterocycles. The molecule has 0 aliphatic rings. The van der Waals surface area contributed by atoms with Gasteiger partial charge in [0.1, 0.15) is 11.0 Å². The van der Waals surface area contributed by atoms with Crippen molar-refractivity contribution in [3.05, 3.63) is 114 Å². The molecule has 0 bridgehead atoms. The maximum Gasteiger partial charge on any atom is 0.427 e. The molecule has 42 heavy (non-hydrogen) atoms. The predicted octanol–water partition coefficient (Wildman–Crippen LogP) is 5.99. The Morgan fingerprint density at radius 2 is 1.45 bits per heavy atom. The van der Waals surface area contributed by atoms with Gasteiger partial charge in [-0.3, -0.25) is 4.79 Å². The van der Waals surface area contributed by atoms with Crippen molar-refractivity contribution in [2.75, 3.05) is 11.9 Å². The Morgan fingerprint density at radius 1 is 0.833 bits per heavy atom. The van der Waals surface area contributed by atoms with Crippen molar-refractivity contribution in [3.8, 4) is 5.06 Å². The molecule has 1 atom stereocenters. The van der Waals surface area contributed by atoms with E-state index in [0.717, 1.165) is 22.5 Å². The molecule has 3 aromatic carbocycles. The molecule has 2 N–H and O–H groups in total. The van der Waals surface area contributed by atoms with Crippen LogP contribution >= 0.6 is 11.3 Å². The molecule has 4 aromatic rings. The Morgan fingerprint density at radius 3 is 2.10 bits per heavy atom. The lowest BCUT2D eigenvalue weighted by molar-refractivity contribution is -0.141. The van der Waals surface area contributed by atoms with E-state index in [0.29, 0.717) is 6.61 Å². The van der Waals surface area contributed by atoms with Crippen LogP contribution in [-0.2, 0) is 37.5 Å². The Labute approximate surface area is 249 Å². The van der Waals surface area contributed by atoms with E-state index in [1.165, 1.54) is 24.3 Å². The number of anilines is 1. The van der Waals surface area contributed by atoms with Gasteiger partial charge in [0, 0.05) is 5.41 Å². The second-order valence-corrected chi connectivity index (χ2v) is 12.6.